The smallest absolute Gasteiger partial charge is 0.322 e. The average Bonchev–Trinajstić information content (AvgIpc) is 2.66. The maximum atomic E-state index is 12.6. The van der Waals surface area contributed by atoms with E-state index in [-0.39, 0.29) is 29.5 Å². The molecule has 0 heterocycles. The second-order valence-corrected chi connectivity index (χ2v) is 7.95. The predicted molar refractivity (Wildman–Crippen MR) is 110 cm³/mol. The van der Waals surface area contributed by atoms with Gasteiger partial charge in [-0.3, -0.25) is 4.79 Å². The third kappa shape index (κ3) is 6.28. The van der Waals surface area contributed by atoms with Gasteiger partial charge in [0, 0.05) is 25.5 Å². The average molecular weight is 420 g/mol. The number of carbonyl (C=O) groups excluding carboxylic acids is 2. The van der Waals surface area contributed by atoms with E-state index in [0.717, 1.165) is 5.56 Å². The van der Waals surface area contributed by atoms with Gasteiger partial charge < -0.3 is 20.3 Å². The SMILES string of the molecule is COCC(=O)Nc1cccc(NC(=O)N(C)C(C)c2ccc(S(N)(=O)=O)cc2)c1. The highest BCUT2D eigenvalue weighted by molar-refractivity contribution is 7.89. The van der Waals surface area contributed by atoms with Gasteiger partial charge in [-0.25, -0.2) is 18.4 Å². The summed E-state index contributed by atoms with van der Waals surface area (Å²) >= 11 is 0. The van der Waals surface area contributed by atoms with Crippen molar-refractivity contribution in [1.82, 2.24) is 4.90 Å². The van der Waals surface area contributed by atoms with Gasteiger partial charge in [-0.1, -0.05) is 18.2 Å². The molecule has 0 spiro atoms. The van der Waals surface area contributed by atoms with Gasteiger partial charge in [0.1, 0.15) is 6.61 Å². The number of nitrogens with one attached hydrogen (secondary N) is 2. The minimum Gasteiger partial charge on any atom is -0.375 e. The largest absolute Gasteiger partial charge is 0.375 e. The van der Waals surface area contributed by atoms with E-state index >= 15 is 0 Å². The number of anilines is 2. The Kier molecular flexibility index (Phi) is 7.32. The minimum atomic E-state index is -3.77. The van der Waals surface area contributed by atoms with Crippen molar-refractivity contribution in [3.63, 3.8) is 0 Å². The molecule has 156 valence electrons. The molecule has 9 nitrogen and oxygen atoms in total. The normalized spacial score (nSPS) is 12.1. The van der Waals surface area contributed by atoms with Gasteiger partial charge in [0.15, 0.2) is 0 Å². The first-order valence-electron chi connectivity index (χ1n) is 8.67. The second-order valence-electron chi connectivity index (χ2n) is 6.39. The van der Waals surface area contributed by atoms with Crippen LogP contribution in [0.3, 0.4) is 0 Å². The van der Waals surface area contributed by atoms with Crippen LogP contribution in [0.5, 0.6) is 0 Å². The molecular weight excluding hydrogens is 396 g/mol. The highest BCUT2D eigenvalue weighted by atomic mass is 32.2. The zero-order chi connectivity index (χ0) is 21.6. The lowest BCUT2D eigenvalue weighted by Gasteiger charge is -2.26. The van der Waals surface area contributed by atoms with Crippen LogP contribution >= 0.6 is 0 Å². The number of hydrogen-bond acceptors (Lipinski definition) is 5. The van der Waals surface area contributed by atoms with Crippen molar-refractivity contribution in [3.05, 3.63) is 54.1 Å². The Balaban J connectivity index is 2.05. The third-order valence-corrected chi connectivity index (χ3v) is 5.19. The van der Waals surface area contributed by atoms with Crippen LogP contribution in [0.15, 0.2) is 53.4 Å². The number of sulfonamides is 1. The molecule has 0 saturated heterocycles. The zero-order valence-corrected chi connectivity index (χ0v) is 17.2. The van der Waals surface area contributed by atoms with Gasteiger partial charge in [-0.15, -0.1) is 0 Å². The molecule has 0 radical (unpaired) electrons. The summed E-state index contributed by atoms with van der Waals surface area (Å²) in [4.78, 5) is 25.7. The molecule has 2 aromatic carbocycles. The summed E-state index contributed by atoms with van der Waals surface area (Å²) in [5, 5.41) is 10.5. The number of nitrogens with zero attached hydrogens (tertiary/aromatic N) is 1. The topological polar surface area (TPSA) is 131 Å². The molecule has 0 aromatic heterocycles. The fourth-order valence-electron chi connectivity index (χ4n) is 2.55. The van der Waals surface area contributed by atoms with Gasteiger partial charge in [-0.05, 0) is 42.8 Å². The fourth-order valence-corrected chi connectivity index (χ4v) is 3.07. The monoisotopic (exact) mass is 420 g/mol. The van der Waals surface area contributed by atoms with Crippen LogP contribution < -0.4 is 15.8 Å². The molecular formula is C19H24N4O5S. The van der Waals surface area contributed by atoms with Crippen LogP contribution in [-0.4, -0.2) is 46.0 Å². The molecule has 4 N–H and O–H groups in total. The summed E-state index contributed by atoms with van der Waals surface area (Å²) < 4.78 is 27.5. The Labute approximate surface area is 169 Å². The van der Waals surface area contributed by atoms with E-state index in [9.17, 15) is 18.0 Å². The highest BCUT2D eigenvalue weighted by Gasteiger charge is 2.18. The third-order valence-electron chi connectivity index (χ3n) is 4.27. The van der Waals surface area contributed by atoms with Gasteiger partial charge in [0.05, 0.1) is 10.9 Å². The highest BCUT2D eigenvalue weighted by Crippen LogP contribution is 2.22. The first-order valence-corrected chi connectivity index (χ1v) is 10.2. The van der Waals surface area contributed by atoms with E-state index in [0.29, 0.717) is 11.4 Å². The number of primary sulfonamides is 1. The van der Waals surface area contributed by atoms with Crippen molar-refractivity contribution < 1.29 is 22.7 Å². The van der Waals surface area contributed by atoms with Crippen LogP contribution in [0, 0.1) is 0 Å². The Hall–Kier alpha value is -2.95. The standard InChI is InChI=1S/C19H24N4O5S/c1-13(14-7-9-17(10-8-14)29(20,26)27)23(2)19(25)22-16-6-4-5-15(11-16)21-18(24)12-28-3/h4-11,13H,12H2,1-3H3,(H,21,24)(H,22,25)(H2,20,26,27). The number of amides is 3. The summed E-state index contributed by atoms with van der Waals surface area (Å²) in [6.07, 6.45) is 0. The van der Waals surface area contributed by atoms with Crippen molar-refractivity contribution in [3.8, 4) is 0 Å². The summed E-state index contributed by atoms with van der Waals surface area (Å²) in [6, 6.07) is 12.1. The molecule has 10 heteroatoms. The zero-order valence-electron chi connectivity index (χ0n) is 16.4. The van der Waals surface area contributed by atoms with Crippen LogP contribution in [-0.2, 0) is 19.6 Å². The molecule has 1 atom stereocenters. The number of hydrogen-bond donors (Lipinski definition) is 3. The molecule has 2 rings (SSSR count). The van der Waals surface area contributed by atoms with Crippen molar-refractivity contribution in [2.75, 3.05) is 31.4 Å². The van der Waals surface area contributed by atoms with Gasteiger partial charge >= 0.3 is 6.03 Å². The maximum absolute atomic E-state index is 12.6. The lowest BCUT2D eigenvalue weighted by molar-refractivity contribution is -0.119. The maximum Gasteiger partial charge on any atom is 0.322 e. The minimum absolute atomic E-state index is 0.00731. The van der Waals surface area contributed by atoms with Crippen molar-refractivity contribution in [2.45, 2.75) is 17.9 Å². The molecule has 0 bridgehead atoms. The Morgan fingerprint density at radius 1 is 1.10 bits per heavy atom. The Morgan fingerprint density at radius 3 is 2.24 bits per heavy atom. The lowest BCUT2D eigenvalue weighted by Crippen LogP contribution is -2.33. The van der Waals surface area contributed by atoms with E-state index in [1.165, 1.54) is 24.1 Å². The van der Waals surface area contributed by atoms with Crippen molar-refractivity contribution >= 4 is 33.3 Å². The summed E-state index contributed by atoms with van der Waals surface area (Å²) in [5.41, 5.74) is 1.78. The number of methoxy groups -OCH3 is 1. The molecule has 3 amide bonds. The van der Waals surface area contributed by atoms with Crippen LogP contribution in [0.2, 0.25) is 0 Å². The Bertz CT molecular complexity index is 976. The van der Waals surface area contributed by atoms with Crippen molar-refractivity contribution in [2.24, 2.45) is 5.14 Å². The fraction of sp³-hybridized carbons (Fsp3) is 0.263. The van der Waals surface area contributed by atoms with E-state index in [1.54, 1.807) is 43.4 Å². The van der Waals surface area contributed by atoms with Crippen LogP contribution in [0.1, 0.15) is 18.5 Å². The molecule has 2 aromatic rings. The van der Waals surface area contributed by atoms with E-state index in [2.05, 4.69) is 10.6 Å². The first kappa shape index (κ1) is 22.3. The quantitative estimate of drug-likeness (QED) is 0.632. The molecule has 0 aliphatic carbocycles. The summed E-state index contributed by atoms with van der Waals surface area (Å²) in [6.45, 7) is 1.74. The van der Waals surface area contributed by atoms with Crippen LogP contribution in [0.4, 0.5) is 16.2 Å². The van der Waals surface area contributed by atoms with E-state index in [1.807, 2.05) is 6.92 Å². The number of urea groups is 1. The van der Waals surface area contributed by atoms with Gasteiger partial charge in [0.2, 0.25) is 15.9 Å². The summed E-state index contributed by atoms with van der Waals surface area (Å²) in [7, 11) is -0.721. The number of nitrogens with two attached hydrogens (primary N) is 1. The summed E-state index contributed by atoms with van der Waals surface area (Å²) in [5.74, 6) is -0.301. The molecule has 29 heavy (non-hydrogen) atoms. The Morgan fingerprint density at radius 2 is 1.69 bits per heavy atom. The second kappa shape index (κ2) is 9.50. The first-order chi connectivity index (χ1) is 13.6. The van der Waals surface area contributed by atoms with E-state index < -0.39 is 10.0 Å². The van der Waals surface area contributed by atoms with Crippen LogP contribution in [0.25, 0.3) is 0 Å². The van der Waals surface area contributed by atoms with Gasteiger partial charge in [-0.2, -0.15) is 0 Å². The van der Waals surface area contributed by atoms with Crippen molar-refractivity contribution in [1.29, 1.82) is 0 Å². The lowest BCUT2D eigenvalue weighted by atomic mass is 10.1. The van der Waals surface area contributed by atoms with E-state index in [4.69, 9.17) is 9.88 Å². The molecule has 1 unspecified atom stereocenters. The number of carbonyl (C=O) groups is 2. The van der Waals surface area contributed by atoms with Gasteiger partial charge in [0.25, 0.3) is 0 Å². The number of ether oxygens (including phenoxy) is 1. The molecule has 0 aliphatic rings. The molecule has 0 fully saturated rings. The molecule has 0 saturated carbocycles. The molecule has 0 aliphatic heterocycles. The predicted octanol–water partition coefficient (Wildman–Crippen LogP) is 2.14. The number of rotatable bonds is 7. The number of benzene rings is 2.